The fourth-order valence-corrected chi connectivity index (χ4v) is 4.60. The highest BCUT2D eigenvalue weighted by atomic mass is 32.2. The van der Waals surface area contributed by atoms with Crippen molar-refractivity contribution in [1.29, 1.82) is 0 Å². The number of rotatable bonds is 7. The number of carbonyl (C=O) groups is 2. The molecule has 1 saturated heterocycles. The molecule has 28 heavy (non-hydrogen) atoms. The number of nitrogens with zero attached hydrogens (tertiary/aromatic N) is 2. The summed E-state index contributed by atoms with van der Waals surface area (Å²) in [7, 11) is -3.93. The molecule has 0 bridgehead atoms. The van der Waals surface area contributed by atoms with Crippen LogP contribution in [0.3, 0.4) is 0 Å². The van der Waals surface area contributed by atoms with Gasteiger partial charge in [0.15, 0.2) is 9.84 Å². The molecule has 2 aromatic rings. The van der Waals surface area contributed by atoms with Crippen molar-refractivity contribution < 1.29 is 22.7 Å². The van der Waals surface area contributed by atoms with Crippen LogP contribution < -0.4 is 10.6 Å². The summed E-state index contributed by atoms with van der Waals surface area (Å²) < 4.78 is 29.8. The highest BCUT2D eigenvalue weighted by molar-refractivity contribution is 7.92. The van der Waals surface area contributed by atoms with Crippen molar-refractivity contribution in [2.24, 2.45) is 0 Å². The lowest BCUT2D eigenvalue weighted by molar-refractivity contribution is -0.114. The number of hydrogen-bond donors (Lipinski definition) is 2. The maximum atomic E-state index is 12.1. The van der Waals surface area contributed by atoms with Gasteiger partial charge in [-0.2, -0.15) is 0 Å². The minimum absolute atomic E-state index is 0.128. The van der Waals surface area contributed by atoms with E-state index in [9.17, 15) is 18.0 Å². The average Bonchev–Trinajstić information content (AvgIpc) is 3.24. The average molecular weight is 425 g/mol. The SMILES string of the molecule is Cc1cccc(NC(=O)CS(=O)(=O)CC(=O)Nc2nnc(C3CCCO3)s2)c1. The molecule has 3 rings (SSSR count). The van der Waals surface area contributed by atoms with E-state index in [0.717, 1.165) is 29.7 Å². The van der Waals surface area contributed by atoms with Crippen LogP contribution in [0.4, 0.5) is 10.8 Å². The fraction of sp³-hybridized carbons (Fsp3) is 0.412. The summed E-state index contributed by atoms with van der Waals surface area (Å²) in [5.74, 6) is -3.07. The summed E-state index contributed by atoms with van der Waals surface area (Å²) in [6.07, 6.45) is 1.65. The van der Waals surface area contributed by atoms with Crippen LogP contribution in [-0.4, -0.2) is 48.5 Å². The van der Waals surface area contributed by atoms with Crippen LogP contribution in [0.2, 0.25) is 0 Å². The van der Waals surface area contributed by atoms with E-state index in [1.807, 2.05) is 13.0 Å². The van der Waals surface area contributed by atoms with Crippen LogP contribution in [0.25, 0.3) is 0 Å². The third kappa shape index (κ3) is 5.81. The number of sulfone groups is 1. The third-order valence-electron chi connectivity index (χ3n) is 3.90. The molecular weight excluding hydrogens is 404 g/mol. The first-order chi connectivity index (χ1) is 13.3. The largest absolute Gasteiger partial charge is 0.371 e. The smallest absolute Gasteiger partial charge is 0.241 e. The van der Waals surface area contributed by atoms with Gasteiger partial charge >= 0.3 is 0 Å². The van der Waals surface area contributed by atoms with E-state index < -0.39 is 33.2 Å². The van der Waals surface area contributed by atoms with E-state index in [2.05, 4.69) is 20.8 Å². The van der Waals surface area contributed by atoms with Crippen LogP contribution in [0.15, 0.2) is 24.3 Å². The molecule has 0 radical (unpaired) electrons. The Morgan fingerprint density at radius 1 is 1.21 bits per heavy atom. The van der Waals surface area contributed by atoms with E-state index >= 15 is 0 Å². The molecule has 1 atom stereocenters. The van der Waals surface area contributed by atoms with E-state index in [-0.39, 0.29) is 11.2 Å². The van der Waals surface area contributed by atoms with Crippen molar-refractivity contribution in [2.45, 2.75) is 25.9 Å². The minimum atomic E-state index is -3.93. The number of hydrogen-bond acceptors (Lipinski definition) is 8. The molecule has 0 saturated carbocycles. The number of aryl methyl sites for hydroxylation is 1. The van der Waals surface area contributed by atoms with Crippen LogP contribution in [0, 0.1) is 6.92 Å². The molecule has 1 fully saturated rings. The third-order valence-corrected chi connectivity index (χ3v) is 6.23. The fourth-order valence-electron chi connectivity index (χ4n) is 2.71. The summed E-state index contributed by atoms with van der Waals surface area (Å²) >= 11 is 1.15. The lowest BCUT2D eigenvalue weighted by Gasteiger charge is -2.07. The normalized spacial score (nSPS) is 16.7. The topological polar surface area (TPSA) is 127 Å². The van der Waals surface area contributed by atoms with Crippen molar-refractivity contribution in [1.82, 2.24) is 10.2 Å². The predicted molar refractivity (Wildman–Crippen MR) is 105 cm³/mol. The van der Waals surface area contributed by atoms with Crippen LogP contribution in [0.1, 0.15) is 29.5 Å². The highest BCUT2D eigenvalue weighted by Crippen LogP contribution is 2.31. The second kappa shape index (κ2) is 8.76. The Balaban J connectivity index is 1.51. The van der Waals surface area contributed by atoms with Crippen molar-refractivity contribution in [2.75, 3.05) is 28.7 Å². The van der Waals surface area contributed by atoms with Gasteiger partial charge < -0.3 is 10.1 Å². The zero-order valence-electron chi connectivity index (χ0n) is 15.2. The molecule has 1 unspecified atom stereocenters. The Kier molecular flexibility index (Phi) is 6.37. The minimum Gasteiger partial charge on any atom is -0.371 e. The molecule has 11 heteroatoms. The molecule has 0 spiro atoms. The Hall–Kier alpha value is -2.37. The number of nitrogens with one attached hydrogen (secondary N) is 2. The summed E-state index contributed by atoms with van der Waals surface area (Å²) in [5, 5.41) is 13.6. The molecule has 2 heterocycles. The molecule has 1 aromatic heterocycles. The molecular formula is C17H20N4O5S2. The lowest BCUT2D eigenvalue weighted by atomic mass is 10.2. The van der Waals surface area contributed by atoms with Gasteiger partial charge in [0.25, 0.3) is 0 Å². The Morgan fingerprint density at radius 2 is 1.96 bits per heavy atom. The van der Waals surface area contributed by atoms with Gasteiger partial charge in [-0.25, -0.2) is 8.42 Å². The van der Waals surface area contributed by atoms with E-state index in [0.29, 0.717) is 17.3 Å². The molecule has 9 nitrogen and oxygen atoms in total. The predicted octanol–water partition coefficient (Wildman–Crippen LogP) is 1.69. The van der Waals surface area contributed by atoms with Crippen LogP contribution in [0.5, 0.6) is 0 Å². The van der Waals surface area contributed by atoms with E-state index in [4.69, 9.17) is 4.74 Å². The van der Waals surface area contributed by atoms with Crippen LogP contribution >= 0.6 is 11.3 Å². The Morgan fingerprint density at radius 3 is 2.64 bits per heavy atom. The highest BCUT2D eigenvalue weighted by Gasteiger charge is 2.24. The standard InChI is InChI=1S/C17H20N4O5S2/c1-11-4-2-5-12(8-11)18-14(22)9-28(24,25)10-15(23)19-17-21-20-16(27-17)13-6-3-7-26-13/h2,4-5,8,13H,3,6-7,9-10H2,1H3,(H,18,22)(H,19,21,23). The lowest BCUT2D eigenvalue weighted by Crippen LogP contribution is -2.30. The molecule has 1 aliphatic heterocycles. The van der Waals surface area contributed by atoms with Crippen molar-refractivity contribution in [3.63, 3.8) is 0 Å². The quantitative estimate of drug-likeness (QED) is 0.692. The number of ether oxygens (including phenoxy) is 1. The van der Waals surface area contributed by atoms with E-state index in [1.165, 1.54) is 0 Å². The van der Waals surface area contributed by atoms with Gasteiger partial charge in [0, 0.05) is 12.3 Å². The van der Waals surface area contributed by atoms with Gasteiger partial charge in [0.05, 0.1) is 0 Å². The Bertz CT molecular complexity index is 967. The van der Waals surface area contributed by atoms with Crippen molar-refractivity contribution in [3.05, 3.63) is 34.8 Å². The van der Waals surface area contributed by atoms with Crippen LogP contribution in [-0.2, 0) is 24.2 Å². The number of aromatic nitrogens is 2. The maximum absolute atomic E-state index is 12.1. The first kappa shape index (κ1) is 20.4. The second-order valence-corrected chi connectivity index (χ2v) is 9.52. The Labute approximate surface area is 166 Å². The zero-order chi connectivity index (χ0) is 20.1. The number of benzene rings is 1. The number of carbonyl (C=O) groups excluding carboxylic acids is 2. The maximum Gasteiger partial charge on any atom is 0.241 e. The molecule has 2 amide bonds. The monoisotopic (exact) mass is 424 g/mol. The van der Waals surface area contributed by atoms with Gasteiger partial charge in [0.2, 0.25) is 16.9 Å². The van der Waals surface area contributed by atoms with Gasteiger partial charge in [-0.05, 0) is 37.5 Å². The van der Waals surface area contributed by atoms with Gasteiger partial charge in [-0.15, -0.1) is 10.2 Å². The summed E-state index contributed by atoms with van der Waals surface area (Å²) in [6, 6.07) is 6.98. The molecule has 2 N–H and O–H groups in total. The van der Waals surface area contributed by atoms with Gasteiger partial charge in [-0.3, -0.25) is 14.9 Å². The molecule has 150 valence electrons. The number of amides is 2. The summed E-state index contributed by atoms with van der Waals surface area (Å²) in [6.45, 7) is 2.52. The second-order valence-electron chi connectivity index (χ2n) is 6.45. The first-order valence-corrected chi connectivity index (χ1v) is 11.3. The number of anilines is 2. The summed E-state index contributed by atoms with van der Waals surface area (Å²) in [4.78, 5) is 24.0. The molecule has 1 aromatic carbocycles. The van der Waals surface area contributed by atoms with Crippen molar-refractivity contribution in [3.8, 4) is 0 Å². The van der Waals surface area contributed by atoms with E-state index in [1.54, 1.807) is 18.2 Å². The summed E-state index contributed by atoms with van der Waals surface area (Å²) in [5.41, 5.74) is 1.43. The van der Waals surface area contributed by atoms with Gasteiger partial charge in [-0.1, -0.05) is 23.5 Å². The molecule has 1 aliphatic rings. The zero-order valence-corrected chi connectivity index (χ0v) is 16.8. The molecule has 0 aliphatic carbocycles. The van der Waals surface area contributed by atoms with Crippen molar-refractivity contribution >= 4 is 43.8 Å². The first-order valence-electron chi connectivity index (χ1n) is 8.62. The van der Waals surface area contributed by atoms with Gasteiger partial charge in [0.1, 0.15) is 22.6 Å².